The molecule has 10 rings (SSSR count). The molecular formula is C36H20N4. The van der Waals surface area contributed by atoms with Crippen molar-refractivity contribution >= 4 is 82.0 Å². The summed E-state index contributed by atoms with van der Waals surface area (Å²) in [4.78, 5) is 10.5. The monoisotopic (exact) mass is 508 g/mol. The van der Waals surface area contributed by atoms with Gasteiger partial charge in [0.15, 0.2) is 5.65 Å². The molecule has 0 radical (unpaired) electrons. The lowest BCUT2D eigenvalue weighted by atomic mass is 10.0. The van der Waals surface area contributed by atoms with Crippen molar-refractivity contribution in [3.05, 3.63) is 121 Å². The molecule has 40 heavy (non-hydrogen) atoms. The summed E-state index contributed by atoms with van der Waals surface area (Å²) < 4.78 is 4.76. The average Bonchev–Trinajstić information content (AvgIpc) is 3.64. The van der Waals surface area contributed by atoms with Gasteiger partial charge in [-0.05, 0) is 53.2 Å². The summed E-state index contributed by atoms with van der Waals surface area (Å²) in [5, 5.41) is 8.65. The highest BCUT2D eigenvalue weighted by molar-refractivity contribution is 6.35. The van der Waals surface area contributed by atoms with Gasteiger partial charge in [-0.1, -0.05) is 78.9 Å². The van der Waals surface area contributed by atoms with E-state index in [0.717, 1.165) is 38.8 Å². The van der Waals surface area contributed by atoms with E-state index in [9.17, 15) is 0 Å². The predicted octanol–water partition coefficient (Wildman–Crippen LogP) is 9.03. The van der Waals surface area contributed by atoms with Crippen molar-refractivity contribution in [2.24, 2.45) is 0 Å². The van der Waals surface area contributed by atoms with Crippen LogP contribution in [0.5, 0.6) is 0 Å². The molecule has 0 atom stereocenters. The topological polar surface area (TPSA) is 35.1 Å². The third-order valence-corrected chi connectivity index (χ3v) is 8.59. The number of hydrogen-bond donors (Lipinski definition) is 0. The van der Waals surface area contributed by atoms with Gasteiger partial charge in [0.2, 0.25) is 0 Å². The number of para-hydroxylation sites is 4. The maximum atomic E-state index is 5.30. The molecule has 0 unspecified atom stereocenters. The summed E-state index contributed by atoms with van der Waals surface area (Å²) in [6, 6.07) is 43.2. The van der Waals surface area contributed by atoms with Crippen LogP contribution in [-0.4, -0.2) is 18.9 Å². The Hall–Kier alpha value is -5.48. The number of fused-ring (bicyclic) bond motifs is 13. The van der Waals surface area contributed by atoms with Crippen LogP contribution in [0, 0.1) is 0 Å². The number of nitrogens with zero attached hydrogens (tertiary/aromatic N) is 4. The van der Waals surface area contributed by atoms with E-state index in [4.69, 9.17) is 9.97 Å². The lowest BCUT2D eigenvalue weighted by Gasteiger charge is -2.09. The number of aromatic nitrogens is 4. The highest BCUT2D eigenvalue weighted by Crippen LogP contribution is 2.47. The van der Waals surface area contributed by atoms with Crippen LogP contribution in [-0.2, 0) is 0 Å². The molecule has 0 spiro atoms. The molecule has 6 aromatic carbocycles. The highest BCUT2D eigenvalue weighted by atomic mass is 15.0. The number of hydrogen-bond acceptors (Lipinski definition) is 2. The first-order valence-electron chi connectivity index (χ1n) is 13.6. The van der Waals surface area contributed by atoms with Crippen molar-refractivity contribution in [1.29, 1.82) is 0 Å². The van der Waals surface area contributed by atoms with E-state index in [-0.39, 0.29) is 0 Å². The fourth-order valence-electron chi connectivity index (χ4n) is 6.99. The van der Waals surface area contributed by atoms with Gasteiger partial charge in [0, 0.05) is 27.2 Å². The minimum atomic E-state index is 0.905. The molecule has 0 aliphatic rings. The Labute approximate surface area is 227 Å². The molecule has 0 amide bonds. The van der Waals surface area contributed by atoms with Gasteiger partial charge in [0.1, 0.15) is 5.52 Å². The molecule has 0 saturated heterocycles. The Balaban J connectivity index is 1.60. The first-order valence-corrected chi connectivity index (χ1v) is 13.6. The maximum absolute atomic E-state index is 5.30. The Morgan fingerprint density at radius 1 is 0.475 bits per heavy atom. The van der Waals surface area contributed by atoms with Crippen LogP contribution < -0.4 is 0 Å². The van der Waals surface area contributed by atoms with Gasteiger partial charge in [0.05, 0.1) is 38.5 Å². The van der Waals surface area contributed by atoms with Crippen molar-refractivity contribution in [1.82, 2.24) is 18.9 Å². The van der Waals surface area contributed by atoms with E-state index >= 15 is 0 Å². The molecule has 0 aliphatic carbocycles. The molecular weight excluding hydrogens is 488 g/mol. The van der Waals surface area contributed by atoms with Crippen LogP contribution in [0.3, 0.4) is 0 Å². The number of benzene rings is 6. The lowest BCUT2D eigenvalue weighted by molar-refractivity contribution is 1.19. The standard InChI is InChI=1S/C36H20N4/c1-2-11-22(12-3-1)39-30-19-18-21-10-4-5-13-23(21)31(30)26-20-25-24-14-6-9-17-29(24)40-34(25)32(35(26)39)33-36(40)38-28-16-8-7-15-27(28)37-33/h1-20H. The Morgan fingerprint density at radius 3 is 2.08 bits per heavy atom. The summed E-state index contributed by atoms with van der Waals surface area (Å²) in [7, 11) is 0. The largest absolute Gasteiger partial charge is 0.308 e. The van der Waals surface area contributed by atoms with Crippen molar-refractivity contribution in [3.8, 4) is 5.69 Å². The summed E-state index contributed by atoms with van der Waals surface area (Å²) >= 11 is 0. The third kappa shape index (κ3) is 2.38. The van der Waals surface area contributed by atoms with Crippen molar-refractivity contribution in [2.45, 2.75) is 0 Å². The van der Waals surface area contributed by atoms with E-state index < -0.39 is 0 Å². The summed E-state index contributed by atoms with van der Waals surface area (Å²) in [6.45, 7) is 0. The van der Waals surface area contributed by atoms with Crippen molar-refractivity contribution < 1.29 is 0 Å². The molecule has 4 heterocycles. The molecule has 0 fully saturated rings. The summed E-state index contributed by atoms with van der Waals surface area (Å²) in [5.41, 5.74) is 9.53. The number of rotatable bonds is 1. The lowest BCUT2D eigenvalue weighted by Crippen LogP contribution is -1.94. The normalized spacial score (nSPS) is 12.5. The quantitative estimate of drug-likeness (QED) is 0.222. The van der Waals surface area contributed by atoms with E-state index in [1.54, 1.807) is 0 Å². The molecule has 184 valence electrons. The Morgan fingerprint density at radius 2 is 1.20 bits per heavy atom. The van der Waals surface area contributed by atoms with Crippen LogP contribution in [0.2, 0.25) is 0 Å². The van der Waals surface area contributed by atoms with Gasteiger partial charge in [-0.2, -0.15) is 0 Å². The molecule has 0 aliphatic heterocycles. The molecule has 0 bridgehead atoms. The first-order chi connectivity index (χ1) is 19.9. The highest BCUT2D eigenvalue weighted by Gasteiger charge is 2.26. The SMILES string of the molecule is c1ccc(-n2c3ccc4ccccc4c3c3cc4c5ccccc5n5c6nc7ccccc7nc6c(c32)c45)cc1. The fourth-order valence-corrected chi connectivity index (χ4v) is 6.99. The minimum Gasteiger partial charge on any atom is -0.308 e. The zero-order valence-electron chi connectivity index (χ0n) is 21.3. The second kappa shape index (κ2) is 7.13. The van der Waals surface area contributed by atoms with Crippen molar-refractivity contribution in [2.75, 3.05) is 0 Å². The molecule has 10 aromatic rings. The molecule has 4 aromatic heterocycles. The third-order valence-electron chi connectivity index (χ3n) is 8.59. The molecule has 0 N–H and O–H groups in total. The van der Waals surface area contributed by atoms with Gasteiger partial charge in [-0.3, -0.25) is 4.40 Å². The maximum Gasteiger partial charge on any atom is 0.165 e. The Bertz CT molecular complexity index is 2640. The van der Waals surface area contributed by atoms with Gasteiger partial charge >= 0.3 is 0 Å². The van der Waals surface area contributed by atoms with Crippen LogP contribution in [0.15, 0.2) is 121 Å². The van der Waals surface area contributed by atoms with Crippen LogP contribution >= 0.6 is 0 Å². The van der Waals surface area contributed by atoms with Gasteiger partial charge < -0.3 is 4.57 Å². The summed E-state index contributed by atoms with van der Waals surface area (Å²) in [6.07, 6.45) is 0. The van der Waals surface area contributed by atoms with E-state index in [2.05, 4.69) is 118 Å². The van der Waals surface area contributed by atoms with Crippen molar-refractivity contribution in [3.63, 3.8) is 0 Å². The fraction of sp³-hybridized carbons (Fsp3) is 0. The van der Waals surface area contributed by atoms with Gasteiger partial charge in [-0.25, -0.2) is 9.97 Å². The second-order valence-electron chi connectivity index (χ2n) is 10.6. The minimum absolute atomic E-state index is 0.905. The van der Waals surface area contributed by atoms with E-state index in [1.165, 1.54) is 48.9 Å². The zero-order chi connectivity index (χ0) is 25.9. The smallest absolute Gasteiger partial charge is 0.165 e. The second-order valence-corrected chi connectivity index (χ2v) is 10.6. The van der Waals surface area contributed by atoms with Crippen LogP contribution in [0.25, 0.3) is 87.7 Å². The predicted molar refractivity (Wildman–Crippen MR) is 166 cm³/mol. The van der Waals surface area contributed by atoms with Crippen LogP contribution in [0.4, 0.5) is 0 Å². The molecule has 0 saturated carbocycles. The van der Waals surface area contributed by atoms with Gasteiger partial charge in [0.25, 0.3) is 0 Å². The molecule has 4 nitrogen and oxygen atoms in total. The van der Waals surface area contributed by atoms with E-state index in [0.29, 0.717) is 0 Å². The average molecular weight is 509 g/mol. The Kier molecular flexibility index (Phi) is 3.65. The first kappa shape index (κ1) is 20.5. The summed E-state index contributed by atoms with van der Waals surface area (Å²) in [5.74, 6) is 0. The zero-order valence-corrected chi connectivity index (χ0v) is 21.3. The molecule has 4 heteroatoms. The van der Waals surface area contributed by atoms with Gasteiger partial charge in [-0.15, -0.1) is 0 Å². The van der Waals surface area contributed by atoms with Crippen LogP contribution in [0.1, 0.15) is 0 Å². The van der Waals surface area contributed by atoms with E-state index in [1.807, 2.05) is 12.1 Å².